The number of aliphatic hydroxyl groups is 2. The van der Waals surface area contributed by atoms with Gasteiger partial charge >= 0.3 is 0 Å². The molecule has 5 fully saturated rings. The molecule has 5 unspecified atom stereocenters. The number of hydrogen-bond acceptors (Lipinski definition) is 4. The summed E-state index contributed by atoms with van der Waals surface area (Å²) in [5.41, 5.74) is -2.15. The van der Waals surface area contributed by atoms with Crippen molar-refractivity contribution in [1.82, 2.24) is 0 Å². The number of ketones is 2. The molecule has 0 saturated heterocycles. The first-order chi connectivity index (χ1) is 12.4. The van der Waals surface area contributed by atoms with Crippen LogP contribution >= 0.6 is 0 Å². The molecule has 0 amide bonds. The summed E-state index contributed by atoms with van der Waals surface area (Å²) in [6.45, 7) is 0. The van der Waals surface area contributed by atoms with Crippen LogP contribution in [-0.2, 0) is 15.0 Å². The highest BCUT2D eigenvalue weighted by atomic mass is 16.3. The summed E-state index contributed by atoms with van der Waals surface area (Å²) in [5.74, 6) is 2.13. The maximum Gasteiger partial charge on any atom is 0.230 e. The van der Waals surface area contributed by atoms with Crippen molar-refractivity contribution in [2.45, 2.75) is 49.7 Å². The van der Waals surface area contributed by atoms with Crippen LogP contribution < -0.4 is 0 Å². The first kappa shape index (κ1) is 16.2. The fraction of sp³-hybridized carbons (Fsp3) is 0.545. The van der Waals surface area contributed by atoms with Crippen molar-refractivity contribution >= 4 is 11.6 Å². The maximum absolute atomic E-state index is 13.6. The van der Waals surface area contributed by atoms with E-state index in [2.05, 4.69) is 5.92 Å². The van der Waals surface area contributed by atoms with Crippen LogP contribution in [-0.4, -0.2) is 34.0 Å². The predicted octanol–water partition coefficient (Wildman–Crippen LogP) is 1.63. The van der Waals surface area contributed by atoms with Gasteiger partial charge in [-0.05, 0) is 49.5 Å². The molecule has 0 aromatic heterocycles. The average molecular weight is 350 g/mol. The van der Waals surface area contributed by atoms with E-state index in [4.69, 9.17) is 6.42 Å². The predicted molar refractivity (Wildman–Crippen MR) is 93.9 cm³/mol. The Bertz CT molecular complexity index is 837. The molecule has 0 heterocycles. The van der Waals surface area contributed by atoms with Crippen LogP contribution in [0.15, 0.2) is 30.3 Å². The molecule has 2 N–H and O–H groups in total. The molecule has 4 heteroatoms. The van der Waals surface area contributed by atoms with Gasteiger partial charge in [0.2, 0.25) is 11.6 Å². The number of terminal acetylenes is 1. The normalized spacial score (nSPS) is 49.0. The van der Waals surface area contributed by atoms with Crippen LogP contribution in [0.1, 0.15) is 37.7 Å². The monoisotopic (exact) mass is 350 g/mol. The van der Waals surface area contributed by atoms with Crippen molar-refractivity contribution in [2.24, 2.45) is 22.7 Å². The standard InChI is InChI=1S/C22H22O4/c1-2-20-9-13-8-14(10-20)12-21(11-13)18(25)16(23)17(24)19(26)22(20,21)15-6-4-3-5-7-15/h1,3-7,13-14,16,18,23,25H,8-12H2. The van der Waals surface area contributed by atoms with E-state index in [9.17, 15) is 19.8 Å². The van der Waals surface area contributed by atoms with Gasteiger partial charge in [-0.25, -0.2) is 0 Å². The Morgan fingerprint density at radius 1 is 1.00 bits per heavy atom. The molecule has 26 heavy (non-hydrogen) atoms. The lowest BCUT2D eigenvalue weighted by molar-refractivity contribution is -0.234. The summed E-state index contributed by atoms with van der Waals surface area (Å²) in [5, 5.41) is 21.6. The Morgan fingerprint density at radius 2 is 1.62 bits per heavy atom. The fourth-order valence-corrected chi connectivity index (χ4v) is 7.50. The molecule has 6 rings (SSSR count). The van der Waals surface area contributed by atoms with Crippen molar-refractivity contribution in [3.8, 4) is 12.3 Å². The van der Waals surface area contributed by atoms with Crippen molar-refractivity contribution in [3.63, 3.8) is 0 Å². The lowest BCUT2D eigenvalue weighted by Crippen LogP contribution is -2.79. The van der Waals surface area contributed by atoms with Crippen molar-refractivity contribution in [2.75, 3.05) is 0 Å². The van der Waals surface area contributed by atoms with Crippen LogP contribution in [0.3, 0.4) is 0 Å². The average Bonchev–Trinajstić information content (AvgIpc) is 2.65. The SMILES string of the molecule is C#CC12CC3CC(C1)CC1(C3)C(O)C(O)C(=O)C(=O)C21c1ccccc1. The van der Waals surface area contributed by atoms with Crippen molar-refractivity contribution in [1.29, 1.82) is 0 Å². The highest BCUT2D eigenvalue weighted by Crippen LogP contribution is 2.76. The number of Topliss-reactive ketones (excluding diaryl/α,β-unsaturated/α-hetero) is 2. The van der Waals surface area contributed by atoms with E-state index in [1.54, 1.807) is 0 Å². The minimum absolute atomic E-state index is 0.332. The second-order valence-electron chi connectivity index (χ2n) is 8.87. The fourth-order valence-electron chi connectivity index (χ4n) is 7.50. The van der Waals surface area contributed by atoms with E-state index in [0.29, 0.717) is 37.5 Å². The van der Waals surface area contributed by atoms with E-state index in [-0.39, 0.29) is 0 Å². The van der Waals surface area contributed by atoms with Crippen LogP contribution in [0.5, 0.6) is 0 Å². The molecular weight excluding hydrogens is 328 g/mol. The topological polar surface area (TPSA) is 74.6 Å². The zero-order chi connectivity index (χ0) is 18.3. The van der Waals surface area contributed by atoms with Gasteiger partial charge in [-0.15, -0.1) is 6.42 Å². The van der Waals surface area contributed by atoms with Crippen LogP contribution in [0.2, 0.25) is 0 Å². The van der Waals surface area contributed by atoms with Crippen LogP contribution in [0, 0.1) is 35.0 Å². The largest absolute Gasteiger partial charge is 0.389 e. The molecule has 1 spiro atoms. The number of carbonyl (C=O) groups excluding carboxylic acids is 2. The highest BCUT2D eigenvalue weighted by molar-refractivity contribution is 6.43. The minimum atomic E-state index is -1.65. The number of carbonyl (C=O) groups is 2. The number of aliphatic hydroxyl groups excluding tert-OH is 2. The third-order valence-electron chi connectivity index (χ3n) is 7.89. The number of benzene rings is 1. The molecule has 0 radical (unpaired) electrons. The Hall–Kier alpha value is -1.96. The smallest absolute Gasteiger partial charge is 0.230 e. The molecule has 0 aliphatic heterocycles. The second kappa shape index (κ2) is 4.85. The lowest BCUT2D eigenvalue weighted by atomic mass is 9.28. The Kier molecular flexibility index (Phi) is 3.03. The van der Waals surface area contributed by atoms with Gasteiger partial charge in [-0.2, -0.15) is 0 Å². The molecule has 4 bridgehead atoms. The van der Waals surface area contributed by atoms with Crippen molar-refractivity contribution in [3.05, 3.63) is 35.9 Å². The Balaban J connectivity index is 1.90. The third-order valence-corrected chi connectivity index (χ3v) is 7.89. The van der Waals surface area contributed by atoms with Gasteiger partial charge in [0.1, 0.15) is 6.10 Å². The second-order valence-corrected chi connectivity index (χ2v) is 8.87. The number of hydrogen-bond donors (Lipinski definition) is 2. The minimum Gasteiger partial charge on any atom is -0.389 e. The summed E-state index contributed by atoms with van der Waals surface area (Å²) < 4.78 is 0. The van der Waals surface area contributed by atoms with Crippen LogP contribution in [0.4, 0.5) is 0 Å². The zero-order valence-electron chi connectivity index (χ0n) is 14.5. The first-order valence-electron chi connectivity index (χ1n) is 9.40. The molecule has 5 atom stereocenters. The highest BCUT2D eigenvalue weighted by Gasteiger charge is 2.80. The third kappa shape index (κ3) is 1.49. The van der Waals surface area contributed by atoms with Gasteiger partial charge in [0, 0.05) is 10.8 Å². The quantitative estimate of drug-likeness (QED) is 0.596. The Labute approximate surface area is 152 Å². The number of rotatable bonds is 1. The van der Waals surface area contributed by atoms with E-state index < -0.39 is 40.0 Å². The summed E-state index contributed by atoms with van der Waals surface area (Å²) in [4.78, 5) is 26.3. The molecule has 5 aliphatic carbocycles. The molecule has 5 saturated carbocycles. The van der Waals surface area contributed by atoms with Gasteiger partial charge in [-0.3, -0.25) is 9.59 Å². The zero-order valence-corrected chi connectivity index (χ0v) is 14.5. The Morgan fingerprint density at radius 3 is 2.19 bits per heavy atom. The first-order valence-corrected chi connectivity index (χ1v) is 9.40. The van der Waals surface area contributed by atoms with E-state index in [1.165, 1.54) is 0 Å². The molecule has 4 nitrogen and oxygen atoms in total. The summed E-state index contributed by atoms with van der Waals surface area (Å²) in [6, 6.07) is 9.29. The van der Waals surface area contributed by atoms with Gasteiger partial charge in [0.25, 0.3) is 0 Å². The summed E-state index contributed by atoms with van der Waals surface area (Å²) in [6.07, 6.45) is 6.92. The van der Waals surface area contributed by atoms with Gasteiger partial charge in [-0.1, -0.05) is 36.3 Å². The van der Waals surface area contributed by atoms with Gasteiger partial charge < -0.3 is 10.2 Å². The van der Waals surface area contributed by atoms with Crippen LogP contribution in [0.25, 0.3) is 0 Å². The van der Waals surface area contributed by atoms with Gasteiger partial charge in [0.15, 0.2) is 0 Å². The van der Waals surface area contributed by atoms with E-state index >= 15 is 0 Å². The molecule has 5 aliphatic rings. The molecule has 1 aromatic rings. The van der Waals surface area contributed by atoms with E-state index in [1.807, 2.05) is 30.3 Å². The van der Waals surface area contributed by atoms with E-state index in [0.717, 1.165) is 12.0 Å². The molecule has 134 valence electrons. The molecular formula is C22H22O4. The maximum atomic E-state index is 13.6. The summed E-state index contributed by atoms with van der Waals surface area (Å²) in [7, 11) is 0. The summed E-state index contributed by atoms with van der Waals surface area (Å²) >= 11 is 0. The van der Waals surface area contributed by atoms with Crippen molar-refractivity contribution < 1.29 is 19.8 Å². The lowest BCUT2D eigenvalue weighted by Gasteiger charge is -2.73. The molecule has 1 aromatic carbocycles. The van der Waals surface area contributed by atoms with Gasteiger partial charge in [0.05, 0.1) is 11.5 Å².